The van der Waals surface area contributed by atoms with Crippen molar-refractivity contribution in [3.63, 3.8) is 0 Å². The van der Waals surface area contributed by atoms with Gasteiger partial charge in [0.2, 0.25) is 0 Å². The Labute approximate surface area is 146 Å². The van der Waals surface area contributed by atoms with Crippen molar-refractivity contribution >= 4 is 11.6 Å². The van der Waals surface area contributed by atoms with Gasteiger partial charge in [0.05, 0.1) is 18.1 Å². The zero-order chi connectivity index (χ0) is 18.0. The summed E-state index contributed by atoms with van der Waals surface area (Å²) in [7, 11) is 1.61. The summed E-state index contributed by atoms with van der Waals surface area (Å²) in [5.74, 6) is 0.879. The lowest BCUT2D eigenvalue weighted by atomic mass is 10.0. The van der Waals surface area contributed by atoms with Gasteiger partial charge in [-0.3, -0.25) is 14.9 Å². The van der Waals surface area contributed by atoms with Gasteiger partial charge in [0.15, 0.2) is 0 Å². The van der Waals surface area contributed by atoms with E-state index in [0.717, 1.165) is 24.2 Å². The van der Waals surface area contributed by atoms with Crippen molar-refractivity contribution in [3.8, 4) is 5.75 Å². The topological polar surface area (TPSA) is 81.5 Å². The molecule has 0 heterocycles. The number of ether oxygens (including phenoxy) is 1. The molecule has 1 aliphatic carbocycles. The normalized spacial score (nSPS) is 14.6. The van der Waals surface area contributed by atoms with E-state index < -0.39 is 4.92 Å². The minimum Gasteiger partial charge on any atom is -0.497 e. The third-order valence-electron chi connectivity index (χ3n) is 4.60. The largest absolute Gasteiger partial charge is 0.497 e. The molecule has 0 aliphatic heterocycles. The number of nitrogens with zero attached hydrogens (tertiary/aromatic N) is 1. The van der Waals surface area contributed by atoms with E-state index in [9.17, 15) is 14.9 Å². The van der Waals surface area contributed by atoms with Gasteiger partial charge in [-0.1, -0.05) is 18.2 Å². The maximum absolute atomic E-state index is 12.7. The number of hydrogen-bond donors (Lipinski definition) is 1. The van der Waals surface area contributed by atoms with E-state index in [1.165, 1.54) is 6.07 Å². The summed E-state index contributed by atoms with van der Waals surface area (Å²) in [6.45, 7) is 1.60. The molecule has 0 aromatic heterocycles. The minimum atomic E-state index is -0.464. The number of nitro groups is 1. The number of nitrogens with one attached hydrogen (secondary N) is 1. The van der Waals surface area contributed by atoms with E-state index in [1.54, 1.807) is 26.2 Å². The van der Waals surface area contributed by atoms with Crippen LogP contribution in [0.2, 0.25) is 0 Å². The zero-order valence-corrected chi connectivity index (χ0v) is 14.2. The van der Waals surface area contributed by atoms with E-state index in [0.29, 0.717) is 17.0 Å². The van der Waals surface area contributed by atoms with Gasteiger partial charge >= 0.3 is 0 Å². The van der Waals surface area contributed by atoms with Gasteiger partial charge < -0.3 is 10.1 Å². The molecule has 25 heavy (non-hydrogen) atoms. The molecule has 0 spiro atoms. The highest BCUT2D eigenvalue weighted by Crippen LogP contribution is 2.41. The lowest BCUT2D eigenvalue weighted by Gasteiger charge is -2.20. The molecular weight excluding hydrogens is 320 g/mol. The summed E-state index contributed by atoms with van der Waals surface area (Å²) in [4.78, 5) is 23.3. The predicted octanol–water partition coefficient (Wildman–Crippen LogP) is 3.79. The van der Waals surface area contributed by atoms with E-state index in [1.807, 2.05) is 24.3 Å². The van der Waals surface area contributed by atoms with Gasteiger partial charge in [0, 0.05) is 17.2 Å². The van der Waals surface area contributed by atoms with Gasteiger partial charge in [-0.2, -0.15) is 0 Å². The highest BCUT2D eigenvalue weighted by molar-refractivity contribution is 5.96. The number of amides is 1. The highest BCUT2D eigenvalue weighted by Gasteiger charge is 2.34. The molecule has 3 rings (SSSR count). The fraction of sp³-hybridized carbons (Fsp3) is 0.316. The molecule has 0 saturated heterocycles. The van der Waals surface area contributed by atoms with Gasteiger partial charge in [-0.05, 0) is 49.4 Å². The molecule has 2 aromatic rings. The van der Waals surface area contributed by atoms with Crippen LogP contribution in [0, 0.1) is 23.0 Å². The molecule has 1 unspecified atom stereocenters. The summed E-state index contributed by atoms with van der Waals surface area (Å²) in [6, 6.07) is 12.1. The Hall–Kier alpha value is -2.89. The molecule has 1 saturated carbocycles. The summed E-state index contributed by atoms with van der Waals surface area (Å²) >= 11 is 0. The SMILES string of the molecule is COc1ccc(C(NC(=O)c2cccc([N+](=O)[O-])c2C)C2CC2)cc1. The van der Waals surface area contributed by atoms with Crippen LogP contribution in [0.15, 0.2) is 42.5 Å². The maximum atomic E-state index is 12.7. The smallest absolute Gasteiger partial charge is 0.273 e. The number of rotatable bonds is 6. The molecule has 0 bridgehead atoms. The van der Waals surface area contributed by atoms with Crippen LogP contribution >= 0.6 is 0 Å². The Morgan fingerprint density at radius 3 is 2.48 bits per heavy atom. The lowest BCUT2D eigenvalue weighted by molar-refractivity contribution is -0.385. The second-order valence-corrected chi connectivity index (χ2v) is 6.27. The summed E-state index contributed by atoms with van der Waals surface area (Å²) in [6.07, 6.45) is 2.12. The van der Waals surface area contributed by atoms with E-state index in [-0.39, 0.29) is 17.6 Å². The second kappa shape index (κ2) is 6.93. The van der Waals surface area contributed by atoms with Crippen LogP contribution in [0.5, 0.6) is 5.75 Å². The Morgan fingerprint density at radius 2 is 1.92 bits per heavy atom. The molecule has 1 aliphatic rings. The lowest BCUT2D eigenvalue weighted by Crippen LogP contribution is -2.30. The monoisotopic (exact) mass is 340 g/mol. The van der Waals surface area contributed by atoms with Crippen molar-refractivity contribution in [2.75, 3.05) is 7.11 Å². The zero-order valence-electron chi connectivity index (χ0n) is 14.2. The number of carbonyl (C=O) groups is 1. The van der Waals surface area contributed by atoms with Gasteiger partial charge in [0.25, 0.3) is 11.6 Å². The van der Waals surface area contributed by atoms with E-state index in [2.05, 4.69) is 5.32 Å². The number of nitro benzene ring substituents is 1. The minimum absolute atomic E-state index is 0.0416. The van der Waals surface area contributed by atoms with Gasteiger partial charge in [-0.15, -0.1) is 0 Å². The molecule has 1 N–H and O–H groups in total. The Kier molecular flexibility index (Phi) is 4.70. The molecule has 0 radical (unpaired) electrons. The standard InChI is InChI=1S/C19H20N2O4/c1-12-16(4-3-5-17(12)21(23)24)19(22)20-18(13-6-7-13)14-8-10-15(25-2)11-9-14/h3-5,8-11,13,18H,6-7H2,1-2H3,(H,20,22). The Bertz CT molecular complexity index is 798. The predicted molar refractivity (Wildman–Crippen MR) is 93.8 cm³/mol. The first-order valence-electron chi connectivity index (χ1n) is 8.20. The van der Waals surface area contributed by atoms with Crippen molar-refractivity contribution in [1.82, 2.24) is 5.32 Å². The van der Waals surface area contributed by atoms with Crippen molar-refractivity contribution < 1.29 is 14.5 Å². The average Bonchev–Trinajstić information content (AvgIpc) is 3.44. The fourth-order valence-corrected chi connectivity index (χ4v) is 3.00. The van der Waals surface area contributed by atoms with Gasteiger partial charge in [0.1, 0.15) is 5.75 Å². The second-order valence-electron chi connectivity index (χ2n) is 6.27. The number of benzene rings is 2. The first-order chi connectivity index (χ1) is 12.0. The van der Waals surface area contributed by atoms with E-state index in [4.69, 9.17) is 4.74 Å². The Balaban J connectivity index is 1.84. The van der Waals surface area contributed by atoms with Crippen LogP contribution in [-0.2, 0) is 0 Å². The third kappa shape index (κ3) is 3.63. The molecular formula is C19H20N2O4. The molecule has 6 heteroatoms. The molecule has 130 valence electrons. The molecule has 6 nitrogen and oxygen atoms in total. The fourth-order valence-electron chi connectivity index (χ4n) is 3.00. The van der Waals surface area contributed by atoms with Gasteiger partial charge in [-0.25, -0.2) is 0 Å². The first-order valence-corrected chi connectivity index (χ1v) is 8.20. The summed E-state index contributed by atoms with van der Waals surface area (Å²) < 4.78 is 5.18. The maximum Gasteiger partial charge on any atom is 0.273 e. The number of methoxy groups -OCH3 is 1. The van der Waals surface area contributed by atoms with Crippen LogP contribution in [0.1, 0.15) is 40.4 Å². The highest BCUT2D eigenvalue weighted by atomic mass is 16.6. The quantitative estimate of drug-likeness (QED) is 0.641. The first kappa shape index (κ1) is 17.0. The molecule has 1 atom stereocenters. The van der Waals surface area contributed by atoms with Crippen LogP contribution in [0.3, 0.4) is 0 Å². The van der Waals surface area contributed by atoms with Crippen LogP contribution in [0.4, 0.5) is 5.69 Å². The number of hydrogen-bond acceptors (Lipinski definition) is 4. The van der Waals surface area contributed by atoms with Crippen LogP contribution < -0.4 is 10.1 Å². The van der Waals surface area contributed by atoms with Crippen molar-refractivity contribution in [2.24, 2.45) is 5.92 Å². The average molecular weight is 340 g/mol. The van der Waals surface area contributed by atoms with Crippen molar-refractivity contribution in [1.29, 1.82) is 0 Å². The van der Waals surface area contributed by atoms with E-state index >= 15 is 0 Å². The summed E-state index contributed by atoms with van der Waals surface area (Å²) in [5.41, 5.74) is 1.70. The number of carbonyl (C=O) groups excluding carboxylic acids is 1. The van der Waals surface area contributed by atoms with Crippen LogP contribution in [-0.4, -0.2) is 17.9 Å². The Morgan fingerprint density at radius 1 is 1.24 bits per heavy atom. The molecule has 1 fully saturated rings. The molecule has 2 aromatic carbocycles. The third-order valence-corrected chi connectivity index (χ3v) is 4.60. The van der Waals surface area contributed by atoms with Crippen molar-refractivity contribution in [3.05, 3.63) is 69.3 Å². The van der Waals surface area contributed by atoms with Crippen molar-refractivity contribution in [2.45, 2.75) is 25.8 Å². The molecule has 1 amide bonds. The van der Waals surface area contributed by atoms with Crippen LogP contribution in [0.25, 0.3) is 0 Å². The summed E-state index contributed by atoms with van der Waals surface area (Å²) in [5, 5.41) is 14.1.